The molecule has 4 aromatic carbocycles. The highest BCUT2D eigenvalue weighted by atomic mass is 16.5. The van der Waals surface area contributed by atoms with Gasteiger partial charge >= 0.3 is 0 Å². The maximum Gasteiger partial charge on any atom is 0.251 e. The minimum Gasteiger partial charge on any atom is -0.489 e. The number of carbonyl (C=O) groups excluding carboxylic acids is 1. The highest BCUT2D eigenvalue weighted by Crippen LogP contribution is 2.27. The van der Waals surface area contributed by atoms with Gasteiger partial charge in [-0.15, -0.1) is 0 Å². The van der Waals surface area contributed by atoms with Gasteiger partial charge in [-0.2, -0.15) is 0 Å². The van der Waals surface area contributed by atoms with Crippen molar-refractivity contribution in [3.8, 4) is 17.2 Å². The summed E-state index contributed by atoms with van der Waals surface area (Å²) in [6, 6.07) is 31.2. The van der Waals surface area contributed by atoms with E-state index in [2.05, 4.69) is 51.2 Å². The number of ether oxygens (including phenoxy) is 2. The SMILES string of the molecule is Cc1cc(C)cc(C(CC(C)C)NC(=O)c2cccc(OCc3ccccc3Oc3ccccc3)c2)c1. The molecule has 4 aromatic rings. The maximum absolute atomic E-state index is 13.3. The van der Waals surface area contributed by atoms with Crippen molar-refractivity contribution in [3.05, 3.63) is 125 Å². The summed E-state index contributed by atoms with van der Waals surface area (Å²) in [5, 5.41) is 3.26. The lowest BCUT2D eigenvalue weighted by Crippen LogP contribution is -2.29. The summed E-state index contributed by atoms with van der Waals surface area (Å²) >= 11 is 0. The van der Waals surface area contributed by atoms with Crippen molar-refractivity contribution in [2.75, 3.05) is 0 Å². The Kier molecular flexibility index (Phi) is 8.63. The van der Waals surface area contributed by atoms with E-state index in [0.29, 0.717) is 23.8 Å². The summed E-state index contributed by atoms with van der Waals surface area (Å²) in [5.74, 6) is 2.48. The van der Waals surface area contributed by atoms with Gasteiger partial charge in [0.05, 0.1) is 6.04 Å². The quantitative estimate of drug-likeness (QED) is 0.242. The molecule has 0 fully saturated rings. The van der Waals surface area contributed by atoms with Gasteiger partial charge in [-0.05, 0) is 68.1 Å². The van der Waals surface area contributed by atoms with Crippen LogP contribution in [0.1, 0.15) is 58.9 Å². The van der Waals surface area contributed by atoms with Crippen LogP contribution in [0.15, 0.2) is 97.1 Å². The predicted octanol–water partition coefficient (Wildman–Crippen LogP) is 8.19. The Labute approximate surface area is 220 Å². The van der Waals surface area contributed by atoms with Crippen LogP contribution in [-0.4, -0.2) is 5.91 Å². The van der Waals surface area contributed by atoms with Gasteiger partial charge in [-0.3, -0.25) is 4.79 Å². The van der Waals surface area contributed by atoms with Crippen LogP contribution in [0.4, 0.5) is 0 Å². The number of carbonyl (C=O) groups is 1. The topological polar surface area (TPSA) is 47.6 Å². The fourth-order valence-corrected chi connectivity index (χ4v) is 4.43. The number of amides is 1. The molecule has 4 nitrogen and oxygen atoms in total. The van der Waals surface area contributed by atoms with Crippen LogP contribution >= 0.6 is 0 Å². The highest BCUT2D eigenvalue weighted by Gasteiger charge is 2.18. The summed E-state index contributed by atoms with van der Waals surface area (Å²) in [7, 11) is 0. The number of rotatable bonds is 10. The normalized spacial score (nSPS) is 11.7. The first kappa shape index (κ1) is 26.0. The zero-order valence-electron chi connectivity index (χ0n) is 22.0. The molecule has 0 radical (unpaired) electrons. The fourth-order valence-electron chi connectivity index (χ4n) is 4.43. The second kappa shape index (κ2) is 12.3. The monoisotopic (exact) mass is 493 g/mol. The fraction of sp³-hybridized carbons (Fsp3) is 0.242. The number of benzene rings is 4. The molecular formula is C33H35NO3. The molecule has 0 spiro atoms. The first-order chi connectivity index (χ1) is 17.9. The molecule has 1 amide bonds. The predicted molar refractivity (Wildman–Crippen MR) is 149 cm³/mol. The second-order valence-corrected chi connectivity index (χ2v) is 9.92. The summed E-state index contributed by atoms with van der Waals surface area (Å²) in [5.41, 5.74) is 5.04. The van der Waals surface area contributed by atoms with E-state index < -0.39 is 0 Å². The van der Waals surface area contributed by atoms with Crippen LogP contribution < -0.4 is 14.8 Å². The zero-order valence-corrected chi connectivity index (χ0v) is 22.0. The molecule has 4 rings (SSSR count). The first-order valence-electron chi connectivity index (χ1n) is 12.8. The van der Waals surface area contributed by atoms with E-state index in [1.165, 1.54) is 11.1 Å². The standard InChI is InChI=1S/C33H35NO3/c1-23(2)17-31(28-19-24(3)18-25(4)20-28)34-33(35)26-12-10-15-30(21-26)36-22-27-11-8-9-16-32(27)37-29-13-6-5-7-14-29/h5-16,18-21,23,31H,17,22H2,1-4H3,(H,34,35). The number of aryl methyl sites for hydroxylation is 2. The third kappa shape index (κ3) is 7.47. The van der Waals surface area contributed by atoms with E-state index in [0.717, 1.165) is 29.0 Å². The number of hydrogen-bond donors (Lipinski definition) is 1. The summed E-state index contributed by atoms with van der Waals surface area (Å²) in [6.07, 6.45) is 0.864. The lowest BCUT2D eigenvalue weighted by atomic mass is 9.94. The molecule has 37 heavy (non-hydrogen) atoms. The van der Waals surface area contributed by atoms with E-state index in [4.69, 9.17) is 9.47 Å². The summed E-state index contributed by atoms with van der Waals surface area (Å²) in [4.78, 5) is 13.3. The molecule has 0 saturated carbocycles. The molecule has 0 aliphatic heterocycles. The highest BCUT2D eigenvalue weighted by molar-refractivity contribution is 5.94. The number of nitrogens with one attached hydrogen (secondary N) is 1. The molecule has 0 saturated heterocycles. The molecule has 0 aromatic heterocycles. The molecule has 0 bridgehead atoms. The van der Waals surface area contributed by atoms with E-state index in [-0.39, 0.29) is 11.9 Å². The van der Waals surface area contributed by atoms with Crippen molar-refractivity contribution < 1.29 is 14.3 Å². The molecule has 1 atom stereocenters. The van der Waals surface area contributed by atoms with Gasteiger partial charge in [0.25, 0.3) is 5.91 Å². The maximum atomic E-state index is 13.3. The van der Waals surface area contributed by atoms with Crippen molar-refractivity contribution in [3.63, 3.8) is 0 Å². The van der Waals surface area contributed by atoms with Gasteiger partial charge in [0.1, 0.15) is 23.9 Å². The Morgan fingerprint density at radius 2 is 1.46 bits per heavy atom. The van der Waals surface area contributed by atoms with Crippen molar-refractivity contribution in [1.29, 1.82) is 0 Å². The van der Waals surface area contributed by atoms with E-state index in [1.54, 1.807) is 6.07 Å². The Morgan fingerprint density at radius 1 is 0.784 bits per heavy atom. The smallest absolute Gasteiger partial charge is 0.251 e. The van der Waals surface area contributed by atoms with Crippen LogP contribution in [-0.2, 0) is 6.61 Å². The van der Waals surface area contributed by atoms with E-state index >= 15 is 0 Å². The second-order valence-electron chi connectivity index (χ2n) is 9.92. The largest absolute Gasteiger partial charge is 0.489 e. The van der Waals surface area contributed by atoms with Crippen LogP contribution in [0.25, 0.3) is 0 Å². The molecule has 190 valence electrons. The molecule has 0 aliphatic rings. The molecular weight excluding hydrogens is 458 g/mol. The summed E-state index contributed by atoms with van der Waals surface area (Å²) < 4.78 is 12.1. The molecule has 1 N–H and O–H groups in total. The Morgan fingerprint density at radius 3 is 2.19 bits per heavy atom. The van der Waals surface area contributed by atoms with E-state index in [9.17, 15) is 4.79 Å². The minimum absolute atomic E-state index is 0.0577. The Balaban J connectivity index is 1.46. The zero-order chi connectivity index (χ0) is 26.2. The Bertz CT molecular complexity index is 1310. The lowest BCUT2D eigenvalue weighted by Gasteiger charge is -2.22. The Hall–Kier alpha value is -4.05. The third-order valence-corrected chi connectivity index (χ3v) is 6.09. The van der Waals surface area contributed by atoms with Gasteiger partial charge in [-0.25, -0.2) is 0 Å². The van der Waals surface area contributed by atoms with Crippen molar-refractivity contribution in [1.82, 2.24) is 5.32 Å². The third-order valence-electron chi connectivity index (χ3n) is 6.09. The van der Waals surface area contributed by atoms with Gasteiger partial charge in [0, 0.05) is 11.1 Å². The van der Waals surface area contributed by atoms with Gasteiger partial charge in [-0.1, -0.05) is 85.6 Å². The van der Waals surface area contributed by atoms with Gasteiger partial charge < -0.3 is 14.8 Å². The first-order valence-corrected chi connectivity index (χ1v) is 12.8. The molecule has 4 heteroatoms. The average Bonchev–Trinajstić information content (AvgIpc) is 2.88. The lowest BCUT2D eigenvalue weighted by molar-refractivity contribution is 0.0931. The molecule has 0 aliphatic carbocycles. The van der Waals surface area contributed by atoms with E-state index in [1.807, 2.05) is 72.8 Å². The summed E-state index contributed by atoms with van der Waals surface area (Å²) in [6.45, 7) is 8.86. The number of para-hydroxylation sites is 2. The van der Waals surface area contributed by atoms with Crippen molar-refractivity contribution in [2.45, 2.75) is 46.8 Å². The van der Waals surface area contributed by atoms with Crippen molar-refractivity contribution >= 4 is 5.91 Å². The van der Waals surface area contributed by atoms with Crippen LogP contribution in [0.5, 0.6) is 17.2 Å². The minimum atomic E-state index is -0.108. The van der Waals surface area contributed by atoms with Crippen molar-refractivity contribution in [2.24, 2.45) is 5.92 Å². The van der Waals surface area contributed by atoms with Crippen LogP contribution in [0.2, 0.25) is 0 Å². The van der Waals surface area contributed by atoms with Gasteiger partial charge in [0.15, 0.2) is 0 Å². The molecule has 0 heterocycles. The number of hydrogen-bond acceptors (Lipinski definition) is 3. The molecule has 1 unspecified atom stereocenters. The van der Waals surface area contributed by atoms with Gasteiger partial charge in [0.2, 0.25) is 0 Å². The average molecular weight is 494 g/mol. The van der Waals surface area contributed by atoms with Crippen LogP contribution in [0, 0.1) is 19.8 Å². The van der Waals surface area contributed by atoms with Crippen LogP contribution in [0.3, 0.4) is 0 Å².